The van der Waals surface area contributed by atoms with Crippen molar-refractivity contribution in [2.24, 2.45) is 5.73 Å². The van der Waals surface area contributed by atoms with Crippen molar-refractivity contribution in [2.75, 3.05) is 11.9 Å². The topological polar surface area (TPSA) is 110 Å². The van der Waals surface area contributed by atoms with Crippen LogP contribution in [-0.2, 0) is 9.53 Å². The minimum Gasteiger partial charge on any atom is -0.508 e. The van der Waals surface area contributed by atoms with Gasteiger partial charge in [0.15, 0.2) is 0 Å². The molecular weight excluding hydrogens is 246 g/mol. The molecule has 0 aliphatic carbocycles. The molecule has 0 aromatic heterocycles. The van der Waals surface area contributed by atoms with Gasteiger partial charge in [0, 0.05) is 0 Å². The first-order valence-electron chi connectivity index (χ1n) is 5.86. The van der Waals surface area contributed by atoms with Crippen LogP contribution in [0, 0.1) is 0 Å². The van der Waals surface area contributed by atoms with Gasteiger partial charge in [0.2, 0.25) is 0 Å². The summed E-state index contributed by atoms with van der Waals surface area (Å²) in [5.74, 6) is -0.282. The third kappa shape index (κ3) is 4.87. The number of hydrogen-bond acceptors (Lipinski definition) is 4. The predicted octanol–water partition coefficient (Wildman–Crippen LogP) is -0.390. The highest BCUT2D eigenvalue weighted by molar-refractivity contribution is 5.99. The summed E-state index contributed by atoms with van der Waals surface area (Å²) in [7, 11) is 0. The number of amidine groups is 1. The number of esters is 1. The summed E-state index contributed by atoms with van der Waals surface area (Å²) in [6.45, 7) is 5.37. The molecule has 0 radical (unpaired) electrons. The van der Waals surface area contributed by atoms with Crippen LogP contribution in [0.25, 0.3) is 0 Å². The maximum Gasteiger partial charge on any atom is 0.325 e. The second-order valence-electron chi connectivity index (χ2n) is 5.13. The van der Waals surface area contributed by atoms with Crippen molar-refractivity contribution in [3.05, 3.63) is 23.8 Å². The Balaban J connectivity index is 2.73. The van der Waals surface area contributed by atoms with Crippen molar-refractivity contribution >= 4 is 17.5 Å². The lowest BCUT2D eigenvalue weighted by Gasteiger charge is -2.20. The molecule has 0 saturated carbocycles. The number of carbonyl (C=O) groups is 1. The van der Waals surface area contributed by atoms with E-state index in [1.807, 2.05) is 0 Å². The molecule has 0 bridgehead atoms. The molecule has 6 nitrogen and oxygen atoms in total. The van der Waals surface area contributed by atoms with Crippen LogP contribution in [0.2, 0.25) is 0 Å². The van der Waals surface area contributed by atoms with Crippen LogP contribution in [-0.4, -0.2) is 29.1 Å². The first kappa shape index (κ1) is 14.8. The highest BCUT2D eigenvalue weighted by atomic mass is 16.6. The van der Waals surface area contributed by atoms with Crippen LogP contribution >= 0.6 is 0 Å². The van der Waals surface area contributed by atoms with Gasteiger partial charge in [0.05, 0.1) is 11.3 Å². The molecule has 0 amide bonds. The monoisotopic (exact) mass is 266 g/mol. The SMILES string of the molecule is CC(C)(C)OC(=O)CNc1ccc(O)cc1C(N)=[NH2+]. The Morgan fingerprint density at radius 1 is 1.47 bits per heavy atom. The summed E-state index contributed by atoms with van der Waals surface area (Å²) in [5.41, 5.74) is 5.99. The normalized spacial score (nSPS) is 10.9. The Morgan fingerprint density at radius 3 is 2.63 bits per heavy atom. The third-order valence-corrected chi connectivity index (χ3v) is 2.16. The Morgan fingerprint density at radius 2 is 2.11 bits per heavy atom. The van der Waals surface area contributed by atoms with Gasteiger partial charge < -0.3 is 15.2 Å². The van der Waals surface area contributed by atoms with Crippen molar-refractivity contribution in [1.29, 1.82) is 0 Å². The fourth-order valence-corrected chi connectivity index (χ4v) is 1.47. The molecule has 0 fully saturated rings. The van der Waals surface area contributed by atoms with Crippen LogP contribution in [0.15, 0.2) is 18.2 Å². The van der Waals surface area contributed by atoms with Crippen molar-refractivity contribution in [1.82, 2.24) is 0 Å². The lowest BCUT2D eigenvalue weighted by Crippen LogP contribution is -2.46. The quantitative estimate of drug-likeness (QED) is 0.257. The number of nitrogens with two attached hydrogens (primary N) is 2. The zero-order valence-corrected chi connectivity index (χ0v) is 11.4. The van der Waals surface area contributed by atoms with Crippen LogP contribution in [0.3, 0.4) is 0 Å². The molecule has 6 N–H and O–H groups in total. The zero-order chi connectivity index (χ0) is 14.6. The number of phenolic OH excluding ortho intramolecular Hbond substituents is 1. The van der Waals surface area contributed by atoms with Crippen LogP contribution in [0.4, 0.5) is 5.69 Å². The van der Waals surface area contributed by atoms with E-state index in [1.165, 1.54) is 12.1 Å². The molecule has 0 atom stereocenters. The minimum absolute atomic E-state index is 0.0116. The summed E-state index contributed by atoms with van der Waals surface area (Å²) >= 11 is 0. The lowest BCUT2D eigenvalue weighted by molar-refractivity contribution is -0.152. The second-order valence-corrected chi connectivity index (χ2v) is 5.13. The van der Waals surface area contributed by atoms with Crippen LogP contribution < -0.4 is 16.5 Å². The zero-order valence-electron chi connectivity index (χ0n) is 11.4. The van der Waals surface area contributed by atoms with Gasteiger partial charge in [-0.2, -0.15) is 0 Å². The molecule has 0 heterocycles. The average Bonchev–Trinajstić information content (AvgIpc) is 2.24. The summed E-state index contributed by atoms with van der Waals surface area (Å²) in [6, 6.07) is 4.49. The molecule has 6 heteroatoms. The van der Waals surface area contributed by atoms with Gasteiger partial charge in [-0.25, -0.2) is 0 Å². The molecule has 0 aliphatic heterocycles. The first-order chi connectivity index (χ1) is 8.69. The first-order valence-corrected chi connectivity index (χ1v) is 5.86. The van der Waals surface area contributed by atoms with Crippen molar-refractivity contribution in [2.45, 2.75) is 26.4 Å². The highest BCUT2D eigenvalue weighted by Gasteiger charge is 2.17. The molecular formula is C13H20N3O3+. The maximum atomic E-state index is 11.6. The summed E-state index contributed by atoms with van der Waals surface area (Å²) in [6.07, 6.45) is 0. The highest BCUT2D eigenvalue weighted by Crippen LogP contribution is 2.20. The van der Waals surface area contributed by atoms with E-state index in [4.69, 9.17) is 15.9 Å². The Kier molecular flexibility index (Phi) is 4.37. The van der Waals surface area contributed by atoms with Gasteiger partial charge in [-0.3, -0.25) is 15.9 Å². The third-order valence-electron chi connectivity index (χ3n) is 2.16. The van der Waals surface area contributed by atoms with E-state index in [9.17, 15) is 9.90 Å². The Hall–Kier alpha value is -2.24. The summed E-state index contributed by atoms with van der Waals surface area (Å²) in [4.78, 5) is 11.6. The standard InChI is InChI=1S/C13H19N3O3/c1-13(2,3)19-11(18)7-16-10-5-4-8(17)6-9(10)12(14)15/h4-6,16-17H,7H2,1-3H3,(H3,14,15)/p+1. The number of rotatable bonds is 4. The molecule has 0 spiro atoms. The van der Waals surface area contributed by atoms with Gasteiger partial charge in [-0.15, -0.1) is 0 Å². The average molecular weight is 266 g/mol. The van der Waals surface area contributed by atoms with Gasteiger partial charge in [0.1, 0.15) is 17.9 Å². The lowest BCUT2D eigenvalue weighted by atomic mass is 10.1. The van der Waals surface area contributed by atoms with Crippen molar-refractivity contribution in [3.8, 4) is 5.75 Å². The molecule has 0 aliphatic rings. The number of nitrogens with one attached hydrogen (secondary N) is 1. The molecule has 1 rings (SSSR count). The van der Waals surface area contributed by atoms with E-state index in [0.717, 1.165) is 0 Å². The van der Waals surface area contributed by atoms with Gasteiger partial charge >= 0.3 is 5.97 Å². The number of phenols is 1. The van der Waals surface area contributed by atoms with Gasteiger partial charge in [-0.1, -0.05) is 0 Å². The summed E-state index contributed by atoms with van der Waals surface area (Å²) in [5, 5.41) is 17.8. The second kappa shape index (κ2) is 5.60. The van der Waals surface area contributed by atoms with Gasteiger partial charge in [0.25, 0.3) is 5.84 Å². The van der Waals surface area contributed by atoms with E-state index in [2.05, 4.69) is 5.32 Å². The van der Waals surface area contributed by atoms with E-state index >= 15 is 0 Å². The van der Waals surface area contributed by atoms with Crippen molar-refractivity contribution in [3.63, 3.8) is 0 Å². The van der Waals surface area contributed by atoms with Crippen molar-refractivity contribution < 1.29 is 20.0 Å². The molecule has 104 valence electrons. The maximum absolute atomic E-state index is 11.6. The summed E-state index contributed by atoms with van der Waals surface area (Å²) < 4.78 is 5.16. The number of benzene rings is 1. The number of ether oxygens (including phenoxy) is 1. The number of anilines is 1. The van der Waals surface area contributed by atoms with Crippen LogP contribution in [0.1, 0.15) is 26.3 Å². The molecule has 19 heavy (non-hydrogen) atoms. The van der Waals surface area contributed by atoms with E-state index in [1.54, 1.807) is 26.8 Å². The fraction of sp³-hybridized carbons (Fsp3) is 0.385. The largest absolute Gasteiger partial charge is 0.508 e. The smallest absolute Gasteiger partial charge is 0.325 e. The molecule has 0 unspecified atom stereocenters. The molecule has 1 aromatic carbocycles. The predicted molar refractivity (Wildman–Crippen MR) is 72.7 cm³/mol. The fourth-order valence-electron chi connectivity index (χ4n) is 1.47. The molecule has 1 aromatic rings. The van der Waals surface area contributed by atoms with E-state index in [-0.39, 0.29) is 24.1 Å². The Bertz CT molecular complexity index is 492. The van der Waals surface area contributed by atoms with Crippen LogP contribution in [0.5, 0.6) is 5.75 Å². The minimum atomic E-state index is -0.532. The van der Waals surface area contributed by atoms with Gasteiger partial charge in [-0.05, 0) is 39.0 Å². The molecule has 0 saturated heterocycles. The van der Waals surface area contributed by atoms with E-state index < -0.39 is 5.60 Å². The Labute approximate surface area is 112 Å². The number of hydrogen-bond donors (Lipinski definition) is 4. The number of carbonyl (C=O) groups excluding carboxylic acids is 1. The van der Waals surface area contributed by atoms with E-state index in [0.29, 0.717) is 11.3 Å². The number of aromatic hydroxyl groups is 1.